The normalized spacial score (nSPS) is 14.0. The third-order valence-corrected chi connectivity index (χ3v) is 8.12. The number of hydrogen-bond donors (Lipinski definition) is 1. The lowest BCUT2D eigenvalue weighted by Crippen LogP contribution is -2.21. The van der Waals surface area contributed by atoms with Gasteiger partial charge in [0.05, 0.1) is 6.61 Å². The SMILES string of the molecule is CCOP(=O)(c1ccc(N(C)C)cc1)C(Nc1ccccc1)c1c(Cl)cccc1Cl. The second-order valence-electron chi connectivity index (χ2n) is 6.97. The minimum atomic E-state index is -3.47. The largest absolute Gasteiger partial charge is 0.378 e. The molecule has 0 spiro atoms. The fourth-order valence-corrected chi connectivity index (χ4v) is 6.49. The van der Waals surface area contributed by atoms with Crippen LogP contribution < -0.4 is 15.5 Å². The molecule has 0 amide bonds. The van der Waals surface area contributed by atoms with E-state index in [0.717, 1.165) is 11.4 Å². The summed E-state index contributed by atoms with van der Waals surface area (Å²) in [6.45, 7) is 2.11. The van der Waals surface area contributed by atoms with Crippen molar-refractivity contribution in [3.05, 3.63) is 88.4 Å². The Morgan fingerprint density at radius 3 is 2.07 bits per heavy atom. The third-order valence-electron chi connectivity index (χ3n) is 4.74. The fraction of sp³-hybridized carbons (Fsp3) is 0.217. The van der Waals surface area contributed by atoms with Crippen molar-refractivity contribution in [1.82, 2.24) is 0 Å². The van der Waals surface area contributed by atoms with Gasteiger partial charge in [-0.3, -0.25) is 4.57 Å². The maximum absolute atomic E-state index is 14.5. The molecule has 4 nitrogen and oxygen atoms in total. The third kappa shape index (κ3) is 4.84. The Hall–Kier alpha value is -1.97. The Labute approximate surface area is 188 Å². The molecule has 0 fully saturated rings. The van der Waals surface area contributed by atoms with Gasteiger partial charge in [0.2, 0.25) is 0 Å². The van der Waals surface area contributed by atoms with Crippen molar-refractivity contribution >= 4 is 47.3 Å². The molecule has 0 aromatic heterocycles. The molecule has 0 radical (unpaired) electrons. The summed E-state index contributed by atoms with van der Waals surface area (Å²) in [7, 11) is 0.446. The number of halogens is 2. The van der Waals surface area contributed by atoms with Gasteiger partial charge in [-0.25, -0.2) is 0 Å². The molecule has 0 aliphatic carbocycles. The average molecular weight is 463 g/mol. The van der Waals surface area contributed by atoms with Crippen molar-refractivity contribution in [3.63, 3.8) is 0 Å². The molecule has 1 N–H and O–H groups in total. The first-order valence-corrected chi connectivity index (χ1v) is 12.1. The molecule has 0 bridgehead atoms. The quantitative estimate of drug-likeness (QED) is 0.373. The summed E-state index contributed by atoms with van der Waals surface area (Å²) in [4.78, 5) is 1.99. The Morgan fingerprint density at radius 1 is 0.933 bits per heavy atom. The molecule has 7 heteroatoms. The van der Waals surface area contributed by atoms with Crippen molar-refractivity contribution in [3.8, 4) is 0 Å². The summed E-state index contributed by atoms with van der Waals surface area (Å²) >= 11 is 13.1. The molecule has 0 saturated carbocycles. The highest BCUT2D eigenvalue weighted by Gasteiger charge is 2.39. The minimum absolute atomic E-state index is 0.280. The van der Waals surface area contributed by atoms with E-state index in [1.165, 1.54) is 0 Å². The minimum Gasteiger partial charge on any atom is -0.378 e. The summed E-state index contributed by atoms with van der Waals surface area (Å²) in [5.74, 6) is -0.758. The number of para-hydroxylation sites is 1. The number of nitrogens with zero attached hydrogens (tertiary/aromatic N) is 1. The van der Waals surface area contributed by atoms with Crippen LogP contribution in [-0.2, 0) is 9.09 Å². The van der Waals surface area contributed by atoms with Gasteiger partial charge >= 0.3 is 0 Å². The molecular formula is C23H25Cl2N2O2P. The fourth-order valence-electron chi connectivity index (χ4n) is 3.24. The van der Waals surface area contributed by atoms with Gasteiger partial charge in [0, 0.05) is 46.4 Å². The van der Waals surface area contributed by atoms with E-state index < -0.39 is 13.2 Å². The van der Waals surface area contributed by atoms with E-state index >= 15 is 0 Å². The van der Waals surface area contributed by atoms with Crippen LogP contribution in [0.4, 0.5) is 11.4 Å². The highest BCUT2D eigenvalue weighted by atomic mass is 35.5. The Balaban J connectivity index is 2.18. The van der Waals surface area contributed by atoms with E-state index in [4.69, 9.17) is 27.7 Å². The van der Waals surface area contributed by atoms with Gasteiger partial charge in [0.15, 0.2) is 0 Å². The van der Waals surface area contributed by atoms with E-state index in [1.807, 2.05) is 80.5 Å². The van der Waals surface area contributed by atoms with Crippen LogP contribution in [0, 0.1) is 0 Å². The molecule has 3 rings (SSSR count). The molecule has 3 aromatic carbocycles. The van der Waals surface area contributed by atoms with Crippen LogP contribution in [0.15, 0.2) is 72.8 Å². The topological polar surface area (TPSA) is 41.6 Å². The van der Waals surface area contributed by atoms with Crippen molar-refractivity contribution in [1.29, 1.82) is 0 Å². The van der Waals surface area contributed by atoms with Crippen molar-refractivity contribution in [2.45, 2.75) is 12.7 Å². The summed E-state index contributed by atoms with van der Waals surface area (Å²) in [5.41, 5.74) is 2.35. The zero-order valence-electron chi connectivity index (χ0n) is 17.2. The van der Waals surface area contributed by atoms with Crippen molar-refractivity contribution < 1.29 is 9.09 Å². The molecule has 2 unspecified atom stereocenters. The number of rotatable bonds is 8. The van der Waals surface area contributed by atoms with Gasteiger partial charge < -0.3 is 14.7 Å². The molecule has 3 aromatic rings. The maximum atomic E-state index is 14.5. The summed E-state index contributed by atoms with van der Waals surface area (Å²) in [6.07, 6.45) is 0. The van der Waals surface area contributed by atoms with E-state index in [9.17, 15) is 4.57 Å². The van der Waals surface area contributed by atoms with Gasteiger partial charge in [-0.1, -0.05) is 47.5 Å². The monoisotopic (exact) mass is 462 g/mol. The molecule has 30 heavy (non-hydrogen) atoms. The van der Waals surface area contributed by atoms with Gasteiger partial charge in [-0.15, -0.1) is 0 Å². The first-order chi connectivity index (χ1) is 14.4. The molecule has 158 valence electrons. The average Bonchev–Trinajstić information content (AvgIpc) is 2.74. The van der Waals surface area contributed by atoms with Gasteiger partial charge in [-0.05, 0) is 55.5 Å². The maximum Gasteiger partial charge on any atom is 0.258 e. The number of benzene rings is 3. The van der Waals surface area contributed by atoms with Crippen LogP contribution in [0.1, 0.15) is 18.3 Å². The molecule has 0 heterocycles. The lowest BCUT2D eigenvalue weighted by atomic mass is 10.2. The van der Waals surface area contributed by atoms with E-state index in [0.29, 0.717) is 20.9 Å². The van der Waals surface area contributed by atoms with Gasteiger partial charge in [0.25, 0.3) is 7.37 Å². The zero-order chi connectivity index (χ0) is 21.7. The van der Waals surface area contributed by atoms with E-state index in [1.54, 1.807) is 18.2 Å². The van der Waals surface area contributed by atoms with Crippen LogP contribution in [0.3, 0.4) is 0 Å². The van der Waals surface area contributed by atoms with E-state index in [2.05, 4.69) is 5.32 Å². The smallest absolute Gasteiger partial charge is 0.258 e. The Morgan fingerprint density at radius 2 is 1.53 bits per heavy atom. The standard InChI is InChI=1S/C23H25Cl2N2O2P/c1-4-29-30(28,19-15-13-18(14-16-19)27(2)3)23(26-17-9-6-5-7-10-17)22-20(24)11-8-12-21(22)25/h5-16,23,26H,4H2,1-3H3. The summed E-state index contributed by atoms with van der Waals surface area (Å²) in [5, 5.41) is 4.83. The molecule has 0 aliphatic heterocycles. The van der Waals surface area contributed by atoms with Crippen LogP contribution in [-0.4, -0.2) is 20.7 Å². The van der Waals surface area contributed by atoms with Gasteiger partial charge in [0.1, 0.15) is 5.78 Å². The summed E-state index contributed by atoms with van der Waals surface area (Å²) in [6, 6.07) is 22.3. The highest BCUT2D eigenvalue weighted by Crippen LogP contribution is 2.61. The Bertz CT molecular complexity index is 1010. The molecule has 0 aliphatic rings. The van der Waals surface area contributed by atoms with Crippen molar-refractivity contribution in [2.24, 2.45) is 0 Å². The summed E-state index contributed by atoms with van der Waals surface area (Å²) < 4.78 is 20.5. The first-order valence-electron chi connectivity index (χ1n) is 9.64. The molecule has 2 atom stereocenters. The Kier molecular flexibility index (Phi) is 7.49. The van der Waals surface area contributed by atoms with Crippen LogP contribution >= 0.6 is 30.6 Å². The highest BCUT2D eigenvalue weighted by molar-refractivity contribution is 7.67. The van der Waals surface area contributed by atoms with Crippen LogP contribution in [0.2, 0.25) is 10.0 Å². The second kappa shape index (κ2) is 9.89. The first kappa shape index (κ1) is 22.7. The lowest BCUT2D eigenvalue weighted by molar-refractivity contribution is 0.335. The van der Waals surface area contributed by atoms with Crippen LogP contribution in [0.5, 0.6) is 0 Å². The van der Waals surface area contributed by atoms with E-state index in [-0.39, 0.29) is 6.61 Å². The second-order valence-corrected chi connectivity index (χ2v) is 10.3. The molecular weight excluding hydrogens is 438 g/mol. The van der Waals surface area contributed by atoms with Crippen LogP contribution in [0.25, 0.3) is 0 Å². The molecule has 0 saturated heterocycles. The predicted octanol–water partition coefficient (Wildman–Crippen LogP) is 6.81. The number of hydrogen-bond acceptors (Lipinski definition) is 4. The zero-order valence-corrected chi connectivity index (χ0v) is 19.6. The number of nitrogens with one attached hydrogen (secondary N) is 1. The predicted molar refractivity (Wildman–Crippen MR) is 129 cm³/mol. The van der Waals surface area contributed by atoms with Crippen molar-refractivity contribution in [2.75, 3.05) is 30.9 Å². The number of anilines is 2. The van der Waals surface area contributed by atoms with Gasteiger partial charge in [-0.2, -0.15) is 0 Å². The lowest BCUT2D eigenvalue weighted by Gasteiger charge is -2.31.